The summed E-state index contributed by atoms with van der Waals surface area (Å²) < 4.78 is 4.61. The molecule has 1 aliphatic heterocycles. The average molecular weight is 322 g/mol. The van der Waals surface area contributed by atoms with Gasteiger partial charge in [-0.3, -0.25) is 14.4 Å². The normalized spacial score (nSPS) is 18.0. The SMILES string of the molecule is COC(=O)C(C)CNC(=O)c1ccc2c(c1)NC(=O)C(C)S2. The lowest BCUT2D eigenvalue weighted by molar-refractivity contribution is -0.144. The Labute approximate surface area is 133 Å². The number of esters is 1. The van der Waals surface area contributed by atoms with E-state index >= 15 is 0 Å². The summed E-state index contributed by atoms with van der Waals surface area (Å²) >= 11 is 1.46. The summed E-state index contributed by atoms with van der Waals surface area (Å²) in [4.78, 5) is 36.0. The fraction of sp³-hybridized carbons (Fsp3) is 0.400. The van der Waals surface area contributed by atoms with Crippen molar-refractivity contribution in [1.29, 1.82) is 0 Å². The molecule has 7 heteroatoms. The van der Waals surface area contributed by atoms with Crippen molar-refractivity contribution < 1.29 is 19.1 Å². The molecule has 0 aromatic heterocycles. The standard InChI is InChI=1S/C15H18N2O4S/c1-8(15(20)21-3)7-16-14(19)10-4-5-12-11(6-10)17-13(18)9(2)22-12/h4-6,8-9H,7H2,1-3H3,(H,16,19)(H,17,18). The van der Waals surface area contributed by atoms with E-state index in [0.717, 1.165) is 4.90 Å². The number of carbonyl (C=O) groups excluding carboxylic acids is 3. The summed E-state index contributed by atoms with van der Waals surface area (Å²) in [6, 6.07) is 5.16. The van der Waals surface area contributed by atoms with Crippen LogP contribution in [0.2, 0.25) is 0 Å². The van der Waals surface area contributed by atoms with Gasteiger partial charge in [0.1, 0.15) is 0 Å². The van der Waals surface area contributed by atoms with Crippen LogP contribution in [-0.4, -0.2) is 36.7 Å². The smallest absolute Gasteiger partial charge is 0.310 e. The van der Waals surface area contributed by atoms with Gasteiger partial charge in [0.25, 0.3) is 5.91 Å². The number of anilines is 1. The molecule has 118 valence electrons. The van der Waals surface area contributed by atoms with E-state index in [9.17, 15) is 14.4 Å². The molecular weight excluding hydrogens is 304 g/mol. The zero-order valence-electron chi connectivity index (χ0n) is 12.6. The zero-order chi connectivity index (χ0) is 16.3. The largest absolute Gasteiger partial charge is 0.469 e. The molecule has 1 aromatic carbocycles. The number of thioether (sulfide) groups is 1. The van der Waals surface area contributed by atoms with Gasteiger partial charge in [0.2, 0.25) is 5.91 Å². The van der Waals surface area contributed by atoms with E-state index in [0.29, 0.717) is 11.3 Å². The minimum atomic E-state index is -0.414. The van der Waals surface area contributed by atoms with Gasteiger partial charge in [-0.15, -0.1) is 11.8 Å². The fourth-order valence-corrected chi connectivity index (χ4v) is 2.91. The van der Waals surface area contributed by atoms with Gasteiger partial charge in [-0.2, -0.15) is 0 Å². The van der Waals surface area contributed by atoms with Crippen molar-refractivity contribution in [3.8, 4) is 0 Å². The van der Waals surface area contributed by atoms with Gasteiger partial charge >= 0.3 is 5.97 Å². The van der Waals surface area contributed by atoms with Crippen molar-refractivity contribution in [3.63, 3.8) is 0 Å². The summed E-state index contributed by atoms with van der Waals surface area (Å²) in [5.74, 6) is -1.16. The summed E-state index contributed by atoms with van der Waals surface area (Å²) in [6.45, 7) is 3.70. The third-order valence-corrected chi connectivity index (χ3v) is 4.52. The molecule has 2 N–H and O–H groups in total. The highest BCUT2D eigenvalue weighted by Crippen LogP contribution is 2.35. The number of ether oxygens (including phenoxy) is 1. The number of nitrogens with one attached hydrogen (secondary N) is 2. The molecule has 6 nitrogen and oxygen atoms in total. The van der Waals surface area contributed by atoms with Crippen LogP contribution in [0.4, 0.5) is 5.69 Å². The van der Waals surface area contributed by atoms with E-state index in [4.69, 9.17) is 0 Å². The molecule has 0 aliphatic carbocycles. The maximum Gasteiger partial charge on any atom is 0.310 e. The van der Waals surface area contributed by atoms with Gasteiger partial charge in [-0.05, 0) is 25.1 Å². The number of fused-ring (bicyclic) bond motifs is 1. The first-order valence-corrected chi connectivity index (χ1v) is 7.78. The van der Waals surface area contributed by atoms with Crippen molar-refractivity contribution >= 4 is 35.2 Å². The van der Waals surface area contributed by atoms with Gasteiger partial charge in [-0.1, -0.05) is 6.92 Å². The first-order valence-electron chi connectivity index (χ1n) is 6.90. The summed E-state index contributed by atoms with van der Waals surface area (Å²) in [5.41, 5.74) is 1.08. The molecule has 0 spiro atoms. The van der Waals surface area contributed by atoms with Crippen LogP contribution < -0.4 is 10.6 Å². The Hall–Kier alpha value is -2.02. The highest BCUT2D eigenvalue weighted by molar-refractivity contribution is 8.00. The highest BCUT2D eigenvalue weighted by Gasteiger charge is 2.24. The maximum absolute atomic E-state index is 12.1. The topological polar surface area (TPSA) is 84.5 Å². The monoisotopic (exact) mass is 322 g/mol. The van der Waals surface area contributed by atoms with Crippen LogP contribution >= 0.6 is 11.8 Å². The second-order valence-electron chi connectivity index (χ2n) is 5.09. The quantitative estimate of drug-likeness (QED) is 0.824. The Kier molecular flexibility index (Phi) is 5.07. The second-order valence-corrected chi connectivity index (χ2v) is 6.48. The lowest BCUT2D eigenvalue weighted by Gasteiger charge is -2.21. The van der Waals surface area contributed by atoms with E-state index in [2.05, 4.69) is 15.4 Å². The molecule has 0 radical (unpaired) electrons. The fourth-order valence-electron chi connectivity index (χ4n) is 1.98. The van der Waals surface area contributed by atoms with Crippen molar-refractivity contribution in [1.82, 2.24) is 5.32 Å². The van der Waals surface area contributed by atoms with E-state index in [1.165, 1.54) is 18.9 Å². The van der Waals surface area contributed by atoms with Crippen LogP contribution in [-0.2, 0) is 14.3 Å². The maximum atomic E-state index is 12.1. The van der Waals surface area contributed by atoms with Crippen molar-refractivity contribution in [2.45, 2.75) is 24.0 Å². The Morgan fingerprint density at radius 3 is 2.86 bits per heavy atom. The number of benzene rings is 1. The molecule has 0 fully saturated rings. The third kappa shape index (κ3) is 3.59. The zero-order valence-corrected chi connectivity index (χ0v) is 13.5. The Bertz CT molecular complexity index is 618. The van der Waals surface area contributed by atoms with Crippen LogP contribution in [0.1, 0.15) is 24.2 Å². The van der Waals surface area contributed by atoms with Crippen LogP contribution in [0.3, 0.4) is 0 Å². The third-order valence-electron chi connectivity index (χ3n) is 3.34. The van der Waals surface area contributed by atoms with Gasteiger partial charge in [-0.25, -0.2) is 0 Å². The molecule has 1 heterocycles. The molecule has 2 unspecified atom stereocenters. The number of hydrogen-bond acceptors (Lipinski definition) is 5. The lowest BCUT2D eigenvalue weighted by atomic mass is 10.1. The van der Waals surface area contributed by atoms with Gasteiger partial charge < -0.3 is 15.4 Å². The van der Waals surface area contributed by atoms with E-state index < -0.39 is 5.92 Å². The predicted octanol–water partition coefficient (Wildman–Crippen LogP) is 1.66. The van der Waals surface area contributed by atoms with E-state index in [-0.39, 0.29) is 29.6 Å². The minimum absolute atomic E-state index is 0.0747. The first kappa shape index (κ1) is 16.4. The number of hydrogen-bond donors (Lipinski definition) is 2. The van der Waals surface area contributed by atoms with Gasteiger partial charge in [0.05, 0.1) is 24.0 Å². The number of carbonyl (C=O) groups is 3. The molecule has 0 saturated heterocycles. The predicted molar refractivity (Wildman–Crippen MR) is 83.9 cm³/mol. The highest BCUT2D eigenvalue weighted by atomic mass is 32.2. The van der Waals surface area contributed by atoms with Gasteiger partial charge in [0, 0.05) is 17.0 Å². The van der Waals surface area contributed by atoms with Crippen LogP contribution in [0.25, 0.3) is 0 Å². The average Bonchev–Trinajstić information content (AvgIpc) is 2.52. The van der Waals surface area contributed by atoms with Gasteiger partial charge in [0.15, 0.2) is 0 Å². The Morgan fingerprint density at radius 1 is 1.45 bits per heavy atom. The summed E-state index contributed by atoms with van der Waals surface area (Å²) in [5, 5.41) is 5.32. The van der Waals surface area contributed by atoms with Crippen molar-refractivity contribution in [2.75, 3.05) is 19.0 Å². The van der Waals surface area contributed by atoms with E-state index in [1.807, 2.05) is 13.0 Å². The van der Waals surface area contributed by atoms with Crippen LogP contribution in [0, 0.1) is 5.92 Å². The molecule has 2 rings (SSSR count). The van der Waals surface area contributed by atoms with Crippen LogP contribution in [0.5, 0.6) is 0 Å². The minimum Gasteiger partial charge on any atom is -0.469 e. The lowest BCUT2D eigenvalue weighted by Crippen LogP contribution is -2.32. The summed E-state index contributed by atoms with van der Waals surface area (Å²) in [7, 11) is 1.31. The van der Waals surface area contributed by atoms with Crippen molar-refractivity contribution in [3.05, 3.63) is 23.8 Å². The molecule has 1 aromatic rings. The molecule has 2 atom stereocenters. The van der Waals surface area contributed by atoms with Crippen LogP contribution in [0.15, 0.2) is 23.1 Å². The molecule has 2 amide bonds. The Balaban J connectivity index is 2.04. The second kappa shape index (κ2) is 6.83. The number of amides is 2. The molecule has 22 heavy (non-hydrogen) atoms. The number of rotatable bonds is 4. The molecule has 0 saturated carbocycles. The van der Waals surface area contributed by atoms with Crippen molar-refractivity contribution in [2.24, 2.45) is 5.92 Å². The molecule has 0 bridgehead atoms. The molecule has 1 aliphatic rings. The Morgan fingerprint density at radius 2 is 2.18 bits per heavy atom. The first-order chi connectivity index (χ1) is 10.4. The van der Waals surface area contributed by atoms with E-state index in [1.54, 1.807) is 19.1 Å². The molecular formula is C15H18N2O4S. The summed E-state index contributed by atoms with van der Waals surface area (Å²) in [6.07, 6.45) is 0. The number of methoxy groups -OCH3 is 1.